The maximum atomic E-state index is 3.41. The Hall–Kier alpha value is -3.06. The lowest BCUT2D eigenvalue weighted by atomic mass is 9.83. The van der Waals surface area contributed by atoms with E-state index in [1.165, 1.54) is 33.2 Å². The highest BCUT2D eigenvalue weighted by molar-refractivity contribution is 5.88. The van der Waals surface area contributed by atoms with Gasteiger partial charge in [-0.15, -0.1) is 0 Å². The standard InChI is InChI=1S/C24H21N/c1-25-23-17-21-15-9-8-14-20(21)16-22(23)24(18-10-4-2-5-11-18)19-12-6-3-7-13-19/h2-17,24-25H,1H3. The zero-order valence-corrected chi connectivity index (χ0v) is 14.3. The highest BCUT2D eigenvalue weighted by Gasteiger charge is 2.20. The molecule has 4 aromatic rings. The topological polar surface area (TPSA) is 12.0 Å². The van der Waals surface area contributed by atoms with Gasteiger partial charge in [0.1, 0.15) is 0 Å². The molecule has 25 heavy (non-hydrogen) atoms. The van der Waals surface area contributed by atoms with Crippen LogP contribution in [0.3, 0.4) is 0 Å². The van der Waals surface area contributed by atoms with E-state index in [9.17, 15) is 0 Å². The van der Waals surface area contributed by atoms with Gasteiger partial charge in [0.2, 0.25) is 0 Å². The summed E-state index contributed by atoms with van der Waals surface area (Å²) in [5.74, 6) is 0.203. The Morgan fingerprint density at radius 3 is 1.60 bits per heavy atom. The molecule has 0 fully saturated rings. The molecule has 0 saturated heterocycles. The number of hydrogen-bond donors (Lipinski definition) is 1. The molecule has 0 amide bonds. The summed E-state index contributed by atoms with van der Waals surface area (Å²) in [4.78, 5) is 0. The molecule has 0 heterocycles. The summed E-state index contributed by atoms with van der Waals surface area (Å²) in [6.45, 7) is 0. The molecule has 4 aromatic carbocycles. The molecule has 0 radical (unpaired) electrons. The minimum absolute atomic E-state index is 0.203. The van der Waals surface area contributed by atoms with Crippen molar-refractivity contribution in [3.63, 3.8) is 0 Å². The molecule has 0 aromatic heterocycles. The van der Waals surface area contributed by atoms with Crippen LogP contribution < -0.4 is 5.32 Å². The molecule has 0 aliphatic carbocycles. The Kier molecular flexibility index (Phi) is 4.22. The third-order valence-electron chi connectivity index (χ3n) is 4.76. The van der Waals surface area contributed by atoms with E-state index in [4.69, 9.17) is 0 Å². The lowest BCUT2D eigenvalue weighted by molar-refractivity contribution is 0.981. The van der Waals surface area contributed by atoms with Crippen molar-refractivity contribution >= 4 is 16.5 Å². The van der Waals surface area contributed by atoms with E-state index >= 15 is 0 Å². The molecule has 0 spiro atoms. The van der Waals surface area contributed by atoms with Gasteiger partial charge in [0, 0.05) is 18.7 Å². The Labute approximate surface area is 149 Å². The van der Waals surface area contributed by atoms with E-state index in [1.807, 2.05) is 7.05 Å². The van der Waals surface area contributed by atoms with E-state index in [2.05, 4.69) is 102 Å². The molecule has 1 nitrogen and oxygen atoms in total. The molecule has 0 unspecified atom stereocenters. The normalized spacial score (nSPS) is 11.0. The highest BCUT2D eigenvalue weighted by atomic mass is 14.8. The number of rotatable bonds is 4. The molecule has 0 saturated carbocycles. The number of benzene rings is 4. The summed E-state index contributed by atoms with van der Waals surface area (Å²) < 4.78 is 0. The van der Waals surface area contributed by atoms with Gasteiger partial charge in [-0.3, -0.25) is 0 Å². The van der Waals surface area contributed by atoms with Gasteiger partial charge in [0.05, 0.1) is 0 Å². The first kappa shape index (κ1) is 15.5. The summed E-state index contributed by atoms with van der Waals surface area (Å²) in [6.07, 6.45) is 0. The molecule has 0 aliphatic rings. The zero-order valence-electron chi connectivity index (χ0n) is 14.3. The number of hydrogen-bond acceptors (Lipinski definition) is 1. The van der Waals surface area contributed by atoms with Crippen molar-refractivity contribution in [3.8, 4) is 0 Å². The lowest BCUT2D eigenvalue weighted by Gasteiger charge is -2.22. The Bertz CT molecular complexity index is 935. The largest absolute Gasteiger partial charge is 0.388 e. The maximum absolute atomic E-state index is 3.41. The predicted octanol–water partition coefficient (Wildman–Crippen LogP) is 6.06. The fourth-order valence-electron chi connectivity index (χ4n) is 3.56. The van der Waals surface area contributed by atoms with Crippen molar-refractivity contribution < 1.29 is 0 Å². The van der Waals surface area contributed by atoms with Crippen molar-refractivity contribution in [2.24, 2.45) is 0 Å². The summed E-state index contributed by atoms with van der Waals surface area (Å²) in [5.41, 5.74) is 5.09. The first-order valence-electron chi connectivity index (χ1n) is 8.67. The van der Waals surface area contributed by atoms with Crippen LogP contribution in [0.15, 0.2) is 97.1 Å². The third kappa shape index (κ3) is 3.01. The van der Waals surface area contributed by atoms with E-state index in [0.717, 1.165) is 0 Å². The highest BCUT2D eigenvalue weighted by Crippen LogP contribution is 2.38. The van der Waals surface area contributed by atoms with Crippen LogP contribution in [0.25, 0.3) is 10.8 Å². The average Bonchev–Trinajstić information content (AvgIpc) is 2.69. The van der Waals surface area contributed by atoms with E-state index < -0.39 is 0 Å². The third-order valence-corrected chi connectivity index (χ3v) is 4.76. The molecule has 0 aliphatic heterocycles. The van der Waals surface area contributed by atoms with Crippen LogP contribution in [-0.2, 0) is 0 Å². The van der Waals surface area contributed by atoms with Gasteiger partial charge in [-0.2, -0.15) is 0 Å². The molecular formula is C24H21N. The van der Waals surface area contributed by atoms with Crippen molar-refractivity contribution in [1.82, 2.24) is 0 Å². The van der Waals surface area contributed by atoms with Crippen LogP contribution in [0.4, 0.5) is 5.69 Å². The SMILES string of the molecule is CNc1cc2ccccc2cc1C(c1ccccc1)c1ccccc1. The van der Waals surface area contributed by atoms with E-state index in [-0.39, 0.29) is 5.92 Å². The smallest absolute Gasteiger partial charge is 0.0386 e. The number of anilines is 1. The fraction of sp³-hybridized carbons (Fsp3) is 0.0833. The van der Waals surface area contributed by atoms with Gasteiger partial charge < -0.3 is 5.32 Å². The second-order valence-electron chi connectivity index (χ2n) is 6.29. The Morgan fingerprint density at radius 2 is 1.08 bits per heavy atom. The van der Waals surface area contributed by atoms with Crippen LogP contribution >= 0.6 is 0 Å². The summed E-state index contributed by atoms with van der Waals surface area (Å²) in [6, 6.07) is 34.6. The first-order valence-corrected chi connectivity index (χ1v) is 8.67. The minimum Gasteiger partial charge on any atom is -0.388 e. The second kappa shape index (κ2) is 6.82. The van der Waals surface area contributed by atoms with E-state index in [1.54, 1.807) is 0 Å². The number of fused-ring (bicyclic) bond motifs is 1. The fourth-order valence-corrected chi connectivity index (χ4v) is 3.56. The maximum Gasteiger partial charge on any atom is 0.0386 e. The van der Waals surface area contributed by atoms with Crippen molar-refractivity contribution in [3.05, 3.63) is 114 Å². The Morgan fingerprint density at radius 1 is 0.600 bits per heavy atom. The summed E-state index contributed by atoms with van der Waals surface area (Å²) in [7, 11) is 2.00. The van der Waals surface area contributed by atoms with Crippen molar-refractivity contribution in [2.45, 2.75) is 5.92 Å². The first-order chi connectivity index (χ1) is 12.4. The number of nitrogens with one attached hydrogen (secondary N) is 1. The van der Waals surface area contributed by atoms with Gasteiger partial charge in [-0.25, -0.2) is 0 Å². The molecular weight excluding hydrogens is 302 g/mol. The van der Waals surface area contributed by atoms with E-state index in [0.29, 0.717) is 0 Å². The second-order valence-corrected chi connectivity index (χ2v) is 6.29. The van der Waals surface area contributed by atoms with Crippen LogP contribution in [0.1, 0.15) is 22.6 Å². The predicted molar refractivity (Wildman–Crippen MR) is 107 cm³/mol. The van der Waals surface area contributed by atoms with Gasteiger partial charge in [-0.05, 0) is 39.6 Å². The van der Waals surface area contributed by atoms with Crippen LogP contribution in [0, 0.1) is 0 Å². The Balaban J connectivity index is 1.98. The lowest BCUT2D eigenvalue weighted by Crippen LogP contribution is -2.07. The molecule has 4 rings (SSSR count). The van der Waals surface area contributed by atoms with Crippen LogP contribution in [0.2, 0.25) is 0 Å². The van der Waals surface area contributed by atoms with Gasteiger partial charge in [0.15, 0.2) is 0 Å². The molecule has 1 N–H and O–H groups in total. The average molecular weight is 323 g/mol. The van der Waals surface area contributed by atoms with Gasteiger partial charge >= 0.3 is 0 Å². The molecule has 1 heteroatoms. The molecule has 122 valence electrons. The summed E-state index contributed by atoms with van der Waals surface area (Å²) in [5, 5.41) is 5.94. The molecule has 0 bridgehead atoms. The zero-order chi connectivity index (χ0) is 17.1. The monoisotopic (exact) mass is 323 g/mol. The van der Waals surface area contributed by atoms with Crippen molar-refractivity contribution in [2.75, 3.05) is 12.4 Å². The van der Waals surface area contributed by atoms with Crippen LogP contribution in [0.5, 0.6) is 0 Å². The summed E-state index contributed by atoms with van der Waals surface area (Å²) >= 11 is 0. The quantitative estimate of drug-likeness (QED) is 0.450. The minimum atomic E-state index is 0.203. The van der Waals surface area contributed by atoms with Crippen molar-refractivity contribution in [1.29, 1.82) is 0 Å². The van der Waals surface area contributed by atoms with Gasteiger partial charge in [0.25, 0.3) is 0 Å². The van der Waals surface area contributed by atoms with Gasteiger partial charge in [-0.1, -0.05) is 84.9 Å². The molecule has 0 atom stereocenters. The van der Waals surface area contributed by atoms with Crippen LogP contribution in [-0.4, -0.2) is 7.05 Å².